The summed E-state index contributed by atoms with van der Waals surface area (Å²) in [6.45, 7) is 8.37. The summed E-state index contributed by atoms with van der Waals surface area (Å²) in [4.78, 5) is 11.3. The van der Waals surface area contributed by atoms with Crippen molar-refractivity contribution in [3.63, 3.8) is 0 Å². The van der Waals surface area contributed by atoms with Crippen LogP contribution in [0.5, 0.6) is 0 Å². The van der Waals surface area contributed by atoms with Crippen molar-refractivity contribution in [3.8, 4) is 0 Å². The topological polar surface area (TPSA) is 26.3 Å². The van der Waals surface area contributed by atoms with Gasteiger partial charge >= 0.3 is 5.97 Å². The van der Waals surface area contributed by atoms with Gasteiger partial charge in [0.1, 0.15) is 6.61 Å². The Bertz CT molecular complexity index is 179. The quantitative estimate of drug-likeness (QED) is 0.485. The van der Waals surface area contributed by atoms with Crippen LogP contribution >= 0.6 is 0 Å². The van der Waals surface area contributed by atoms with Crippen LogP contribution in [0.15, 0.2) is 11.6 Å². The van der Waals surface area contributed by atoms with Crippen LogP contribution in [0.2, 0.25) is 0 Å². The normalized spacial score (nSPS) is 12.0. The van der Waals surface area contributed by atoms with Crippen LogP contribution in [-0.4, -0.2) is 12.6 Å². The van der Waals surface area contributed by atoms with Crippen LogP contribution in [0.1, 0.15) is 40.5 Å². The number of carbonyl (C=O) groups is 1. The van der Waals surface area contributed by atoms with E-state index in [4.69, 9.17) is 4.74 Å². The van der Waals surface area contributed by atoms with Crippen LogP contribution in [0.4, 0.5) is 0 Å². The number of ether oxygens (including phenoxy) is 1. The molecule has 13 heavy (non-hydrogen) atoms. The third-order valence-electron chi connectivity index (χ3n) is 1.84. The Balaban J connectivity index is 3.68. The van der Waals surface area contributed by atoms with Crippen LogP contribution in [0.25, 0.3) is 0 Å². The lowest BCUT2D eigenvalue weighted by Crippen LogP contribution is -2.14. The Morgan fingerprint density at radius 2 is 2.08 bits per heavy atom. The second kappa shape index (κ2) is 6.70. The Labute approximate surface area is 81.0 Å². The lowest BCUT2D eigenvalue weighted by atomic mass is 10.1. The van der Waals surface area contributed by atoms with E-state index in [1.165, 1.54) is 5.57 Å². The molecule has 1 atom stereocenters. The smallest absolute Gasteiger partial charge is 0.308 e. The van der Waals surface area contributed by atoms with Crippen LogP contribution in [0, 0.1) is 5.92 Å². The fraction of sp³-hybridized carbons (Fsp3) is 0.727. The standard InChI is InChI=1S/C11H20O2/c1-5-6-10(4)11(12)13-8-7-9(2)3/h7,10H,5-6,8H2,1-4H3. The predicted molar refractivity (Wildman–Crippen MR) is 54.5 cm³/mol. The Hall–Kier alpha value is -0.790. The van der Waals surface area contributed by atoms with E-state index < -0.39 is 0 Å². The molecule has 0 aromatic rings. The molecule has 76 valence electrons. The maximum atomic E-state index is 11.3. The summed E-state index contributed by atoms with van der Waals surface area (Å²) in [7, 11) is 0. The van der Waals surface area contributed by atoms with Gasteiger partial charge in [-0.15, -0.1) is 0 Å². The molecule has 0 N–H and O–H groups in total. The van der Waals surface area contributed by atoms with Gasteiger partial charge in [0, 0.05) is 0 Å². The van der Waals surface area contributed by atoms with Crippen molar-refractivity contribution in [1.82, 2.24) is 0 Å². The van der Waals surface area contributed by atoms with E-state index in [2.05, 4.69) is 6.92 Å². The van der Waals surface area contributed by atoms with E-state index in [1.807, 2.05) is 26.8 Å². The summed E-state index contributed by atoms with van der Waals surface area (Å²) in [5.74, 6) is -0.0464. The van der Waals surface area contributed by atoms with Gasteiger partial charge in [0.15, 0.2) is 0 Å². The fourth-order valence-electron chi connectivity index (χ4n) is 0.984. The Morgan fingerprint density at radius 3 is 2.54 bits per heavy atom. The monoisotopic (exact) mass is 184 g/mol. The van der Waals surface area contributed by atoms with Crippen molar-refractivity contribution in [2.75, 3.05) is 6.61 Å². The minimum atomic E-state index is -0.0839. The van der Waals surface area contributed by atoms with Crippen molar-refractivity contribution < 1.29 is 9.53 Å². The predicted octanol–water partition coefficient (Wildman–Crippen LogP) is 2.93. The molecule has 1 unspecified atom stereocenters. The number of hydrogen-bond acceptors (Lipinski definition) is 2. The first-order chi connectivity index (χ1) is 6.07. The van der Waals surface area contributed by atoms with Crippen molar-refractivity contribution in [1.29, 1.82) is 0 Å². The Morgan fingerprint density at radius 1 is 1.46 bits per heavy atom. The first-order valence-electron chi connectivity index (χ1n) is 4.88. The SMILES string of the molecule is CCCC(C)C(=O)OCC=C(C)C. The van der Waals surface area contributed by atoms with Crippen LogP contribution < -0.4 is 0 Å². The molecule has 0 amide bonds. The molecule has 0 heterocycles. The molecule has 0 aliphatic heterocycles. The zero-order chi connectivity index (χ0) is 10.3. The summed E-state index contributed by atoms with van der Waals surface area (Å²) in [6.07, 6.45) is 3.85. The summed E-state index contributed by atoms with van der Waals surface area (Å²) in [6, 6.07) is 0. The molecule has 2 heteroatoms. The minimum Gasteiger partial charge on any atom is -0.461 e. The fourth-order valence-corrected chi connectivity index (χ4v) is 0.984. The zero-order valence-corrected chi connectivity index (χ0v) is 9.09. The van der Waals surface area contributed by atoms with Crippen molar-refractivity contribution in [2.24, 2.45) is 5.92 Å². The zero-order valence-electron chi connectivity index (χ0n) is 9.09. The van der Waals surface area contributed by atoms with Gasteiger partial charge in [0.25, 0.3) is 0 Å². The molecule has 0 aliphatic carbocycles. The molecule has 0 fully saturated rings. The van der Waals surface area contributed by atoms with Crippen molar-refractivity contribution in [2.45, 2.75) is 40.5 Å². The van der Waals surface area contributed by atoms with Crippen LogP contribution in [-0.2, 0) is 9.53 Å². The molecule has 0 aliphatic rings. The third-order valence-corrected chi connectivity index (χ3v) is 1.84. The molecule has 0 aromatic heterocycles. The molecule has 0 saturated carbocycles. The van der Waals surface area contributed by atoms with Gasteiger partial charge in [-0.3, -0.25) is 4.79 Å². The largest absolute Gasteiger partial charge is 0.461 e. The van der Waals surface area contributed by atoms with E-state index >= 15 is 0 Å². The minimum absolute atomic E-state index is 0.0376. The van der Waals surface area contributed by atoms with Gasteiger partial charge in [-0.05, 0) is 26.3 Å². The average molecular weight is 184 g/mol. The average Bonchev–Trinajstić information content (AvgIpc) is 2.04. The highest BCUT2D eigenvalue weighted by Gasteiger charge is 2.11. The molecule has 0 bridgehead atoms. The highest BCUT2D eigenvalue weighted by Crippen LogP contribution is 2.07. The van der Waals surface area contributed by atoms with Gasteiger partial charge in [-0.2, -0.15) is 0 Å². The van der Waals surface area contributed by atoms with Crippen LogP contribution in [0.3, 0.4) is 0 Å². The second-order valence-electron chi connectivity index (χ2n) is 3.60. The third kappa shape index (κ3) is 6.38. The van der Waals surface area contributed by atoms with Gasteiger partial charge < -0.3 is 4.74 Å². The summed E-state index contributed by atoms with van der Waals surface area (Å²) >= 11 is 0. The molecular weight excluding hydrogens is 164 g/mol. The number of carbonyl (C=O) groups excluding carboxylic acids is 1. The van der Waals surface area contributed by atoms with Gasteiger partial charge in [-0.25, -0.2) is 0 Å². The summed E-state index contributed by atoms with van der Waals surface area (Å²) < 4.78 is 5.05. The van der Waals surface area contributed by atoms with E-state index in [1.54, 1.807) is 0 Å². The number of rotatable bonds is 5. The molecule has 0 rings (SSSR count). The number of esters is 1. The molecule has 0 saturated heterocycles. The Kier molecular flexibility index (Phi) is 6.29. The van der Waals surface area contributed by atoms with Crippen molar-refractivity contribution in [3.05, 3.63) is 11.6 Å². The second-order valence-corrected chi connectivity index (χ2v) is 3.60. The molecular formula is C11H20O2. The molecule has 0 aromatic carbocycles. The lowest BCUT2D eigenvalue weighted by molar-refractivity contribution is -0.146. The molecule has 0 spiro atoms. The van der Waals surface area contributed by atoms with E-state index in [-0.39, 0.29) is 11.9 Å². The summed E-state index contributed by atoms with van der Waals surface area (Å²) in [5.41, 5.74) is 1.18. The first kappa shape index (κ1) is 12.2. The van der Waals surface area contributed by atoms with Gasteiger partial charge in [0.2, 0.25) is 0 Å². The highest BCUT2D eigenvalue weighted by atomic mass is 16.5. The van der Waals surface area contributed by atoms with Crippen molar-refractivity contribution >= 4 is 5.97 Å². The van der Waals surface area contributed by atoms with E-state index in [0.29, 0.717) is 6.61 Å². The number of allylic oxidation sites excluding steroid dienone is 1. The lowest BCUT2D eigenvalue weighted by Gasteiger charge is -2.08. The first-order valence-corrected chi connectivity index (χ1v) is 4.88. The maximum absolute atomic E-state index is 11.3. The van der Waals surface area contributed by atoms with Gasteiger partial charge in [0.05, 0.1) is 5.92 Å². The van der Waals surface area contributed by atoms with E-state index in [9.17, 15) is 4.79 Å². The highest BCUT2D eigenvalue weighted by molar-refractivity contribution is 5.71. The molecule has 2 nitrogen and oxygen atoms in total. The maximum Gasteiger partial charge on any atom is 0.308 e. The summed E-state index contributed by atoms with van der Waals surface area (Å²) in [5, 5.41) is 0. The van der Waals surface area contributed by atoms with Gasteiger partial charge in [-0.1, -0.05) is 25.8 Å². The van der Waals surface area contributed by atoms with E-state index in [0.717, 1.165) is 12.8 Å². The number of hydrogen-bond donors (Lipinski definition) is 0. The molecule has 0 radical (unpaired) electrons.